The van der Waals surface area contributed by atoms with E-state index in [0.29, 0.717) is 51.8 Å². The van der Waals surface area contributed by atoms with Gasteiger partial charge in [-0.05, 0) is 56.8 Å². The number of piperidine rings is 1. The first-order valence-corrected chi connectivity index (χ1v) is 13.8. The zero-order valence-corrected chi connectivity index (χ0v) is 22.9. The molecular formula is C31H34FN5O3. The quantitative estimate of drug-likeness (QED) is 0.396. The minimum atomic E-state index is -0.586. The molecule has 9 heteroatoms. The number of nitrogens with one attached hydrogen (secondary N) is 1. The Bertz CT molecular complexity index is 1600. The third-order valence-electron chi connectivity index (χ3n) is 8.27. The summed E-state index contributed by atoms with van der Waals surface area (Å²) < 4.78 is 22.1. The highest BCUT2D eigenvalue weighted by atomic mass is 19.1. The summed E-state index contributed by atoms with van der Waals surface area (Å²) in [6, 6.07) is 14.0. The number of likely N-dealkylation sites (N-methyl/N-ethyl adjacent to an activating group) is 1. The van der Waals surface area contributed by atoms with E-state index in [-0.39, 0.29) is 17.8 Å². The number of carbonyl (C=O) groups is 2. The Kier molecular flexibility index (Phi) is 6.93. The van der Waals surface area contributed by atoms with Gasteiger partial charge in [-0.3, -0.25) is 9.59 Å². The standard InChI is InChI=1S/C31H34FN5O3/c1-35-12-10-20(11-13-35)40-26-5-3-4-22(28(26)32)21-8-9-24(30(33)38)29-27(21)23-7-6-19(18-25(23)34-29)31(39)37-16-14-36(2)15-17-37/h3-9,18,20,34H,10-17H2,1-2H3,(H2,33,38). The monoisotopic (exact) mass is 543 g/mol. The summed E-state index contributed by atoms with van der Waals surface area (Å²) in [6.45, 7) is 4.83. The minimum Gasteiger partial charge on any atom is -0.487 e. The molecule has 2 amide bonds. The first-order chi connectivity index (χ1) is 19.3. The van der Waals surface area contributed by atoms with Crippen LogP contribution >= 0.6 is 0 Å². The number of rotatable bonds is 5. The van der Waals surface area contributed by atoms with Gasteiger partial charge in [-0.25, -0.2) is 4.39 Å². The van der Waals surface area contributed by atoms with E-state index in [0.717, 1.165) is 44.4 Å². The van der Waals surface area contributed by atoms with Gasteiger partial charge in [0, 0.05) is 66.7 Å². The van der Waals surface area contributed by atoms with Crippen LogP contribution in [0.3, 0.4) is 0 Å². The van der Waals surface area contributed by atoms with Crippen LogP contribution in [0.15, 0.2) is 48.5 Å². The average Bonchev–Trinajstić information content (AvgIpc) is 3.34. The van der Waals surface area contributed by atoms with Crippen molar-refractivity contribution in [3.05, 3.63) is 65.5 Å². The molecule has 208 valence electrons. The number of aromatic amines is 1. The first-order valence-electron chi connectivity index (χ1n) is 13.8. The van der Waals surface area contributed by atoms with Crippen LogP contribution in [-0.4, -0.2) is 91.0 Å². The van der Waals surface area contributed by atoms with Gasteiger partial charge in [0.2, 0.25) is 0 Å². The SMILES string of the molecule is CN1CCC(Oc2cccc(-c3ccc(C(N)=O)c4[nH]c5cc(C(=O)N6CCN(C)CC6)ccc5c34)c2F)CC1. The Balaban J connectivity index is 1.42. The molecule has 2 saturated heterocycles. The van der Waals surface area contributed by atoms with Gasteiger partial charge in [0.1, 0.15) is 6.10 Å². The molecule has 2 aliphatic rings. The Labute approximate surface area is 232 Å². The number of benzene rings is 3. The lowest BCUT2D eigenvalue weighted by Crippen LogP contribution is -2.47. The molecule has 0 atom stereocenters. The molecule has 0 radical (unpaired) electrons. The van der Waals surface area contributed by atoms with Crippen LogP contribution in [0.4, 0.5) is 4.39 Å². The van der Waals surface area contributed by atoms with Crippen molar-refractivity contribution in [1.82, 2.24) is 19.7 Å². The molecule has 0 bridgehead atoms. The molecule has 2 aliphatic heterocycles. The van der Waals surface area contributed by atoms with Gasteiger partial charge >= 0.3 is 0 Å². The molecule has 0 aliphatic carbocycles. The highest BCUT2D eigenvalue weighted by molar-refractivity contribution is 6.20. The van der Waals surface area contributed by atoms with Gasteiger partial charge in [-0.2, -0.15) is 0 Å². The Morgan fingerprint density at radius 2 is 1.65 bits per heavy atom. The average molecular weight is 544 g/mol. The molecule has 1 aromatic heterocycles. The second kappa shape index (κ2) is 10.6. The molecule has 0 unspecified atom stereocenters. The van der Waals surface area contributed by atoms with Gasteiger partial charge < -0.3 is 30.2 Å². The van der Waals surface area contributed by atoms with Gasteiger partial charge in [-0.15, -0.1) is 0 Å². The van der Waals surface area contributed by atoms with Crippen LogP contribution in [0.25, 0.3) is 32.9 Å². The van der Waals surface area contributed by atoms with E-state index in [4.69, 9.17) is 10.5 Å². The molecule has 0 spiro atoms. The fraction of sp³-hybridized carbons (Fsp3) is 0.355. The summed E-state index contributed by atoms with van der Waals surface area (Å²) in [6.07, 6.45) is 1.65. The Morgan fingerprint density at radius 3 is 2.38 bits per heavy atom. The number of likely N-dealkylation sites (tertiary alicyclic amines) is 1. The summed E-state index contributed by atoms with van der Waals surface area (Å²) >= 11 is 0. The third-order valence-corrected chi connectivity index (χ3v) is 8.27. The van der Waals surface area contributed by atoms with E-state index >= 15 is 4.39 Å². The zero-order chi connectivity index (χ0) is 28.0. The molecule has 0 saturated carbocycles. The normalized spacial score (nSPS) is 17.5. The Hall–Kier alpha value is -3.95. The Morgan fingerprint density at radius 1 is 0.925 bits per heavy atom. The van der Waals surface area contributed by atoms with Crippen molar-refractivity contribution < 1.29 is 18.7 Å². The maximum atomic E-state index is 16.0. The molecule has 3 heterocycles. The van der Waals surface area contributed by atoms with Crippen LogP contribution in [0.1, 0.15) is 33.6 Å². The zero-order valence-electron chi connectivity index (χ0n) is 22.9. The largest absolute Gasteiger partial charge is 0.487 e. The highest BCUT2D eigenvalue weighted by Crippen LogP contribution is 2.39. The second-order valence-corrected chi connectivity index (χ2v) is 11.0. The summed E-state index contributed by atoms with van der Waals surface area (Å²) in [5.41, 5.74) is 8.79. The summed E-state index contributed by atoms with van der Waals surface area (Å²) in [4.78, 5) is 35.2. The number of amides is 2. The number of H-pyrrole nitrogens is 1. The van der Waals surface area contributed by atoms with Crippen molar-refractivity contribution in [3.8, 4) is 16.9 Å². The summed E-state index contributed by atoms with van der Waals surface area (Å²) in [5, 5.41) is 1.46. The lowest BCUT2D eigenvalue weighted by atomic mass is 9.96. The number of hydrogen-bond donors (Lipinski definition) is 2. The third kappa shape index (κ3) is 4.80. The van der Waals surface area contributed by atoms with Crippen molar-refractivity contribution in [3.63, 3.8) is 0 Å². The van der Waals surface area contributed by atoms with E-state index in [9.17, 15) is 9.59 Å². The van der Waals surface area contributed by atoms with Crippen LogP contribution in [-0.2, 0) is 0 Å². The molecule has 3 N–H and O–H groups in total. The van der Waals surface area contributed by atoms with E-state index in [1.165, 1.54) is 0 Å². The van der Waals surface area contributed by atoms with E-state index in [1.54, 1.807) is 42.5 Å². The number of fused-ring (bicyclic) bond motifs is 3. The molecule has 40 heavy (non-hydrogen) atoms. The number of ether oxygens (including phenoxy) is 1. The molecule has 4 aromatic rings. The van der Waals surface area contributed by atoms with Crippen LogP contribution in [0.2, 0.25) is 0 Å². The predicted molar refractivity (Wildman–Crippen MR) is 154 cm³/mol. The van der Waals surface area contributed by atoms with E-state index in [2.05, 4.69) is 21.8 Å². The maximum Gasteiger partial charge on any atom is 0.254 e. The molecule has 3 aromatic carbocycles. The number of carbonyl (C=O) groups excluding carboxylic acids is 2. The minimum absolute atomic E-state index is 0.0335. The van der Waals surface area contributed by atoms with Crippen molar-refractivity contribution in [2.24, 2.45) is 5.73 Å². The van der Waals surface area contributed by atoms with Crippen LogP contribution in [0, 0.1) is 5.82 Å². The fourth-order valence-electron chi connectivity index (χ4n) is 5.86. The predicted octanol–water partition coefficient (Wildman–Crippen LogP) is 4.09. The van der Waals surface area contributed by atoms with Crippen LogP contribution < -0.4 is 10.5 Å². The number of nitrogens with zero attached hydrogens (tertiary/aromatic N) is 3. The smallest absolute Gasteiger partial charge is 0.254 e. The number of hydrogen-bond acceptors (Lipinski definition) is 5. The fourth-order valence-corrected chi connectivity index (χ4v) is 5.86. The highest BCUT2D eigenvalue weighted by Gasteiger charge is 2.24. The number of primary amides is 1. The summed E-state index contributed by atoms with van der Waals surface area (Å²) in [7, 11) is 4.12. The second-order valence-electron chi connectivity index (χ2n) is 11.0. The molecular weight excluding hydrogens is 509 g/mol. The maximum absolute atomic E-state index is 16.0. The number of piperazine rings is 1. The lowest BCUT2D eigenvalue weighted by molar-refractivity contribution is 0.0664. The van der Waals surface area contributed by atoms with Crippen molar-refractivity contribution in [2.45, 2.75) is 18.9 Å². The number of nitrogens with two attached hydrogens (primary N) is 1. The van der Waals surface area contributed by atoms with Gasteiger partial charge in [-0.1, -0.05) is 24.3 Å². The van der Waals surface area contributed by atoms with Gasteiger partial charge in [0.25, 0.3) is 11.8 Å². The molecule has 6 rings (SSSR count). The number of aromatic nitrogens is 1. The topological polar surface area (TPSA) is 94.9 Å². The van der Waals surface area contributed by atoms with Gasteiger partial charge in [0.05, 0.1) is 11.1 Å². The van der Waals surface area contributed by atoms with Crippen molar-refractivity contribution in [1.29, 1.82) is 0 Å². The van der Waals surface area contributed by atoms with Crippen molar-refractivity contribution in [2.75, 3.05) is 53.4 Å². The first kappa shape index (κ1) is 26.3. The number of halogens is 1. The van der Waals surface area contributed by atoms with Gasteiger partial charge in [0.15, 0.2) is 11.6 Å². The molecule has 8 nitrogen and oxygen atoms in total. The molecule has 2 fully saturated rings. The van der Waals surface area contributed by atoms with E-state index < -0.39 is 11.7 Å². The van der Waals surface area contributed by atoms with Crippen LogP contribution in [0.5, 0.6) is 5.75 Å². The van der Waals surface area contributed by atoms with E-state index in [1.807, 2.05) is 18.0 Å². The summed E-state index contributed by atoms with van der Waals surface area (Å²) in [5.74, 6) is -0.838. The lowest BCUT2D eigenvalue weighted by Gasteiger charge is -2.32. The van der Waals surface area contributed by atoms with Crippen molar-refractivity contribution >= 4 is 33.6 Å².